The molecule has 0 aliphatic rings. The van der Waals surface area contributed by atoms with Crippen molar-refractivity contribution in [2.24, 2.45) is 0 Å². The summed E-state index contributed by atoms with van der Waals surface area (Å²) in [5.41, 5.74) is 4.70. The van der Waals surface area contributed by atoms with Gasteiger partial charge in [0.2, 0.25) is 0 Å². The zero-order valence-corrected chi connectivity index (χ0v) is 18.5. The molecule has 3 rings (SSSR count). The Morgan fingerprint density at radius 2 is 1.58 bits per heavy atom. The summed E-state index contributed by atoms with van der Waals surface area (Å²) in [6.45, 7) is 1.94. The molecule has 0 aliphatic heterocycles. The molecule has 6 heteroatoms. The Labute approximate surface area is 184 Å². The van der Waals surface area contributed by atoms with Gasteiger partial charge < -0.3 is 19.8 Å². The number of hydrogen-bond donors (Lipinski definition) is 3. The van der Waals surface area contributed by atoms with E-state index in [4.69, 9.17) is 14.5 Å². The second-order valence-corrected chi connectivity index (χ2v) is 9.36. The van der Waals surface area contributed by atoms with Crippen LogP contribution in [0.25, 0.3) is 11.1 Å². The van der Waals surface area contributed by atoms with E-state index in [2.05, 4.69) is 66.0 Å². The van der Waals surface area contributed by atoms with Crippen LogP contribution in [0.4, 0.5) is 0 Å². The first-order valence-electron chi connectivity index (χ1n) is 10.6. The molecule has 5 nitrogen and oxygen atoms in total. The number of nitrogens with one attached hydrogen (secondary N) is 1. The number of rotatable bonds is 12. The maximum absolute atomic E-state index is 10.9. The minimum absolute atomic E-state index is 0.0798. The maximum Gasteiger partial charge on any atom is 0.325 e. The third-order valence-corrected chi connectivity index (χ3v) is 5.87. The molecule has 3 aromatic carbocycles. The van der Waals surface area contributed by atoms with E-state index in [0.29, 0.717) is 26.1 Å². The summed E-state index contributed by atoms with van der Waals surface area (Å²) >= 11 is 0. The van der Waals surface area contributed by atoms with Gasteiger partial charge in [0.15, 0.2) is 0 Å². The molecule has 0 bridgehead atoms. The van der Waals surface area contributed by atoms with Crippen LogP contribution in [0.5, 0.6) is 5.75 Å². The highest BCUT2D eigenvalue weighted by Gasteiger charge is 2.11. The number of benzene rings is 3. The van der Waals surface area contributed by atoms with Crippen molar-refractivity contribution in [2.45, 2.75) is 25.8 Å². The molecule has 3 aromatic rings. The predicted molar refractivity (Wildman–Crippen MR) is 125 cm³/mol. The van der Waals surface area contributed by atoms with E-state index >= 15 is 0 Å². The summed E-state index contributed by atoms with van der Waals surface area (Å²) in [5.74, 6) is 0.876. The molecule has 0 heterocycles. The monoisotopic (exact) mass is 439 g/mol. The lowest BCUT2D eigenvalue weighted by molar-refractivity contribution is 0.311. The van der Waals surface area contributed by atoms with Crippen molar-refractivity contribution >= 4 is 7.60 Å². The quantitative estimate of drug-likeness (QED) is 0.273. The largest absolute Gasteiger partial charge is 0.494 e. The van der Waals surface area contributed by atoms with Gasteiger partial charge in [0.05, 0.1) is 12.8 Å². The molecule has 0 atom stereocenters. The van der Waals surface area contributed by atoms with Gasteiger partial charge in [0.25, 0.3) is 0 Å². The Balaban J connectivity index is 1.45. The minimum atomic E-state index is -3.90. The molecular formula is C25H30NO4P. The minimum Gasteiger partial charge on any atom is -0.494 e. The zero-order chi connectivity index (χ0) is 21.9. The van der Waals surface area contributed by atoms with Crippen LogP contribution in [0.3, 0.4) is 0 Å². The molecule has 0 fully saturated rings. The summed E-state index contributed by atoms with van der Waals surface area (Å²) in [6, 6.07) is 26.9. The second kappa shape index (κ2) is 11.8. The van der Waals surface area contributed by atoms with Gasteiger partial charge in [-0.05, 0) is 60.2 Å². The molecule has 3 N–H and O–H groups in total. The van der Waals surface area contributed by atoms with Crippen LogP contribution >= 0.6 is 7.60 Å². The zero-order valence-electron chi connectivity index (χ0n) is 17.6. The maximum atomic E-state index is 10.9. The van der Waals surface area contributed by atoms with Crippen LogP contribution in [-0.4, -0.2) is 29.1 Å². The highest BCUT2D eigenvalue weighted by Crippen LogP contribution is 2.34. The average Bonchev–Trinajstić information content (AvgIpc) is 2.77. The summed E-state index contributed by atoms with van der Waals surface area (Å²) in [7, 11) is -3.90. The summed E-state index contributed by atoms with van der Waals surface area (Å²) in [4.78, 5) is 17.7. The predicted octanol–water partition coefficient (Wildman–Crippen LogP) is 5.02. The number of ether oxygens (including phenoxy) is 1. The van der Waals surface area contributed by atoms with Crippen molar-refractivity contribution in [2.75, 3.05) is 19.3 Å². The summed E-state index contributed by atoms with van der Waals surface area (Å²) in [6.07, 6.45) is 2.36. The van der Waals surface area contributed by atoms with Crippen molar-refractivity contribution in [1.29, 1.82) is 0 Å². The van der Waals surface area contributed by atoms with Crippen molar-refractivity contribution in [3.8, 4) is 16.9 Å². The van der Waals surface area contributed by atoms with Crippen molar-refractivity contribution in [1.82, 2.24) is 5.32 Å². The molecule has 0 saturated heterocycles. The van der Waals surface area contributed by atoms with Crippen LogP contribution in [-0.2, 0) is 17.5 Å². The standard InChI is InChI=1S/C25H30NO4P/c27-31(28,29)18-6-16-26-20-22-12-14-23(15-13-22)24-10-4-11-25(19-24)30-17-5-9-21-7-2-1-3-8-21/h1-4,7-8,10-15,19,26H,5-6,9,16-18,20H2,(H2,27,28,29). The van der Waals surface area contributed by atoms with Gasteiger partial charge in [-0.15, -0.1) is 0 Å². The fraction of sp³-hybridized carbons (Fsp3) is 0.280. The van der Waals surface area contributed by atoms with Crippen LogP contribution in [0.2, 0.25) is 0 Å². The molecule has 0 unspecified atom stereocenters. The first-order valence-corrected chi connectivity index (χ1v) is 12.4. The van der Waals surface area contributed by atoms with E-state index in [9.17, 15) is 4.57 Å². The third-order valence-electron chi connectivity index (χ3n) is 4.97. The normalized spacial score (nSPS) is 11.4. The molecule has 0 spiro atoms. The van der Waals surface area contributed by atoms with Gasteiger partial charge in [0, 0.05) is 6.54 Å². The molecular weight excluding hydrogens is 409 g/mol. The lowest BCUT2D eigenvalue weighted by Gasteiger charge is -2.10. The SMILES string of the molecule is O=P(O)(O)CCCNCc1ccc(-c2cccc(OCCCc3ccccc3)c2)cc1. The molecule has 31 heavy (non-hydrogen) atoms. The third kappa shape index (κ3) is 8.68. The first-order chi connectivity index (χ1) is 15.0. The smallest absolute Gasteiger partial charge is 0.325 e. The molecule has 0 amide bonds. The average molecular weight is 439 g/mol. The van der Waals surface area contributed by atoms with Gasteiger partial charge in [0.1, 0.15) is 5.75 Å². The number of aryl methyl sites for hydroxylation is 1. The van der Waals surface area contributed by atoms with Gasteiger partial charge in [-0.25, -0.2) is 0 Å². The van der Waals surface area contributed by atoms with Crippen LogP contribution in [0.1, 0.15) is 24.0 Å². The van der Waals surface area contributed by atoms with E-state index in [-0.39, 0.29) is 6.16 Å². The van der Waals surface area contributed by atoms with E-state index in [1.807, 2.05) is 18.2 Å². The van der Waals surface area contributed by atoms with Crippen LogP contribution in [0, 0.1) is 0 Å². The molecule has 0 saturated carbocycles. The van der Waals surface area contributed by atoms with E-state index in [1.165, 1.54) is 5.56 Å². The Morgan fingerprint density at radius 1 is 0.806 bits per heavy atom. The first kappa shape index (κ1) is 23.2. The van der Waals surface area contributed by atoms with E-state index in [0.717, 1.165) is 35.3 Å². The van der Waals surface area contributed by atoms with Gasteiger partial charge >= 0.3 is 7.60 Å². The van der Waals surface area contributed by atoms with E-state index < -0.39 is 7.60 Å². The molecule has 0 aromatic heterocycles. The Kier molecular flexibility index (Phi) is 8.86. The van der Waals surface area contributed by atoms with Crippen molar-refractivity contribution in [3.05, 3.63) is 90.0 Å². The fourth-order valence-corrected chi connectivity index (χ4v) is 3.90. The molecule has 164 valence electrons. The fourth-order valence-electron chi connectivity index (χ4n) is 3.33. The van der Waals surface area contributed by atoms with Crippen LogP contribution < -0.4 is 10.1 Å². The summed E-state index contributed by atoms with van der Waals surface area (Å²) in [5, 5.41) is 3.22. The lowest BCUT2D eigenvalue weighted by atomic mass is 10.0. The van der Waals surface area contributed by atoms with Crippen molar-refractivity contribution in [3.63, 3.8) is 0 Å². The van der Waals surface area contributed by atoms with Crippen molar-refractivity contribution < 1.29 is 19.1 Å². The Morgan fingerprint density at radius 3 is 2.32 bits per heavy atom. The lowest BCUT2D eigenvalue weighted by Crippen LogP contribution is -2.15. The second-order valence-electron chi connectivity index (χ2n) is 7.58. The summed E-state index contributed by atoms with van der Waals surface area (Å²) < 4.78 is 16.8. The Bertz CT molecular complexity index is 970. The van der Waals surface area contributed by atoms with Gasteiger partial charge in [-0.3, -0.25) is 4.57 Å². The highest BCUT2D eigenvalue weighted by atomic mass is 31.2. The van der Waals surface area contributed by atoms with E-state index in [1.54, 1.807) is 0 Å². The van der Waals surface area contributed by atoms with Crippen LogP contribution in [0.15, 0.2) is 78.9 Å². The number of hydrogen-bond acceptors (Lipinski definition) is 3. The molecule has 0 radical (unpaired) electrons. The highest BCUT2D eigenvalue weighted by molar-refractivity contribution is 7.51. The molecule has 0 aliphatic carbocycles. The van der Waals surface area contributed by atoms with Gasteiger partial charge in [-0.1, -0.05) is 66.7 Å². The topological polar surface area (TPSA) is 78.8 Å². The Hall–Kier alpha value is -2.43. The van der Waals surface area contributed by atoms with Gasteiger partial charge in [-0.2, -0.15) is 0 Å².